The molecule has 0 saturated heterocycles. The summed E-state index contributed by atoms with van der Waals surface area (Å²) >= 11 is 0. The van der Waals surface area contributed by atoms with E-state index in [1.165, 1.54) is 0 Å². The highest BCUT2D eigenvalue weighted by atomic mass is 16.5. The van der Waals surface area contributed by atoms with Gasteiger partial charge in [0.25, 0.3) is 0 Å². The minimum absolute atomic E-state index is 0.108. The van der Waals surface area contributed by atoms with E-state index in [0.29, 0.717) is 0 Å². The van der Waals surface area contributed by atoms with Crippen molar-refractivity contribution in [3.63, 3.8) is 0 Å². The fourth-order valence-electron chi connectivity index (χ4n) is 1.85. The SMILES string of the molecule is CCOCCN(CC)c1cccc(CNC(C)(C)C)n1. The van der Waals surface area contributed by atoms with Gasteiger partial charge in [0, 0.05) is 31.8 Å². The molecule has 114 valence electrons. The van der Waals surface area contributed by atoms with Crippen LogP contribution >= 0.6 is 0 Å². The average molecular weight is 279 g/mol. The number of rotatable bonds is 8. The van der Waals surface area contributed by atoms with Gasteiger partial charge in [-0.25, -0.2) is 4.98 Å². The second kappa shape index (κ2) is 8.22. The lowest BCUT2D eigenvalue weighted by Gasteiger charge is -2.23. The summed E-state index contributed by atoms with van der Waals surface area (Å²) in [6, 6.07) is 6.21. The summed E-state index contributed by atoms with van der Waals surface area (Å²) in [5.41, 5.74) is 1.18. The van der Waals surface area contributed by atoms with Crippen molar-refractivity contribution in [2.45, 2.75) is 46.7 Å². The van der Waals surface area contributed by atoms with Crippen LogP contribution in [0.2, 0.25) is 0 Å². The molecule has 0 bridgehead atoms. The first-order valence-corrected chi connectivity index (χ1v) is 7.50. The summed E-state index contributed by atoms with van der Waals surface area (Å²) in [6.07, 6.45) is 0. The van der Waals surface area contributed by atoms with Crippen LogP contribution in [0.25, 0.3) is 0 Å². The predicted molar refractivity (Wildman–Crippen MR) is 85.2 cm³/mol. The van der Waals surface area contributed by atoms with Crippen molar-refractivity contribution >= 4 is 5.82 Å². The first-order chi connectivity index (χ1) is 9.46. The van der Waals surface area contributed by atoms with Gasteiger partial charge < -0.3 is 15.0 Å². The average Bonchev–Trinajstić information content (AvgIpc) is 2.41. The number of aromatic nitrogens is 1. The van der Waals surface area contributed by atoms with Gasteiger partial charge in [-0.15, -0.1) is 0 Å². The molecule has 0 aliphatic heterocycles. The van der Waals surface area contributed by atoms with Crippen molar-refractivity contribution in [2.24, 2.45) is 0 Å². The highest BCUT2D eigenvalue weighted by Crippen LogP contribution is 2.12. The van der Waals surface area contributed by atoms with Crippen LogP contribution in [0.1, 0.15) is 40.3 Å². The molecule has 0 atom stereocenters. The lowest BCUT2D eigenvalue weighted by atomic mass is 10.1. The lowest BCUT2D eigenvalue weighted by molar-refractivity contribution is 0.154. The third-order valence-electron chi connectivity index (χ3n) is 3.01. The molecule has 0 radical (unpaired) electrons. The third-order valence-corrected chi connectivity index (χ3v) is 3.01. The largest absolute Gasteiger partial charge is 0.380 e. The number of hydrogen-bond donors (Lipinski definition) is 1. The predicted octanol–water partition coefficient (Wildman–Crippen LogP) is 2.83. The van der Waals surface area contributed by atoms with Gasteiger partial charge in [0.15, 0.2) is 0 Å². The highest BCUT2D eigenvalue weighted by Gasteiger charge is 2.10. The van der Waals surface area contributed by atoms with Gasteiger partial charge in [-0.05, 0) is 46.8 Å². The Morgan fingerprint density at radius 1 is 1.25 bits per heavy atom. The Morgan fingerprint density at radius 2 is 2.00 bits per heavy atom. The maximum atomic E-state index is 5.43. The Kier molecular flexibility index (Phi) is 6.96. The molecule has 0 unspecified atom stereocenters. The molecular weight excluding hydrogens is 250 g/mol. The molecule has 1 aromatic heterocycles. The molecule has 4 nitrogen and oxygen atoms in total. The molecule has 1 aromatic rings. The Balaban J connectivity index is 2.64. The van der Waals surface area contributed by atoms with Crippen LogP contribution in [0.4, 0.5) is 5.82 Å². The molecule has 1 N–H and O–H groups in total. The molecular formula is C16H29N3O. The Labute approximate surface area is 123 Å². The van der Waals surface area contributed by atoms with E-state index in [4.69, 9.17) is 9.72 Å². The van der Waals surface area contributed by atoms with E-state index < -0.39 is 0 Å². The highest BCUT2D eigenvalue weighted by molar-refractivity contribution is 5.39. The van der Waals surface area contributed by atoms with Crippen molar-refractivity contribution in [3.05, 3.63) is 23.9 Å². The summed E-state index contributed by atoms with van der Waals surface area (Å²) in [5, 5.41) is 3.47. The van der Waals surface area contributed by atoms with E-state index >= 15 is 0 Å². The molecule has 0 amide bonds. The van der Waals surface area contributed by atoms with E-state index in [-0.39, 0.29) is 5.54 Å². The van der Waals surface area contributed by atoms with Crippen LogP contribution in [0, 0.1) is 0 Å². The second-order valence-electron chi connectivity index (χ2n) is 5.87. The molecule has 4 heteroatoms. The molecule has 0 spiro atoms. The van der Waals surface area contributed by atoms with E-state index in [2.05, 4.69) is 56.1 Å². The molecule has 0 aliphatic carbocycles. The Bertz CT molecular complexity index is 388. The summed E-state index contributed by atoms with van der Waals surface area (Å²) < 4.78 is 5.43. The van der Waals surface area contributed by atoms with E-state index in [0.717, 1.165) is 44.4 Å². The maximum Gasteiger partial charge on any atom is 0.128 e. The zero-order valence-electron chi connectivity index (χ0n) is 13.6. The smallest absolute Gasteiger partial charge is 0.128 e. The number of likely N-dealkylation sites (N-methyl/N-ethyl adjacent to an activating group) is 1. The van der Waals surface area contributed by atoms with Crippen LogP contribution < -0.4 is 10.2 Å². The van der Waals surface area contributed by atoms with Gasteiger partial charge in [0.05, 0.1) is 12.3 Å². The summed E-state index contributed by atoms with van der Waals surface area (Å²) in [4.78, 5) is 6.98. The summed E-state index contributed by atoms with van der Waals surface area (Å²) in [7, 11) is 0. The standard InChI is InChI=1S/C16H29N3O/c1-6-19(11-12-20-7-2)15-10-8-9-14(18-15)13-17-16(3,4)5/h8-10,17H,6-7,11-13H2,1-5H3. The molecule has 20 heavy (non-hydrogen) atoms. The van der Waals surface area contributed by atoms with Crippen LogP contribution in [-0.2, 0) is 11.3 Å². The van der Waals surface area contributed by atoms with Gasteiger partial charge in [-0.2, -0.15) is 0 Å². The molecule has 0 fully saturated rings. The van der Waals surface area contributed by atoms with Gasteiger partial charge in [0.2, 0.25) is 0 Å². The van der Waals surface area contributed by atoms with Crippen molar-refractivity contribution in [1.82, 2.24) is 10.3 Å². The van der Waals surface area contributed by atoms with Crippen LogP contribution in [0.15, 0.2) is 18.2 Å². The van der Waals surface area contributed by atoms with Gasteiger partial charge in [-0.3, -0.25) is 0 Å². The number of pyridine rings is 1. The quantitative estimate of drug-likeness (QED) is 0.743. The normalized spacial score (nSPS) is 11.7. The fourth-order valence-corrected chi connectivity index (χ4v) is 1.85. The molecule has 1 rings (SSSR count). The van der Waals surface area contributed by atoms with Crippen molar-refractivity contribution < 1.29 is 4.74 Å². The maximum absolute atomic E-state index is 5.43. The zero-order valence-corrected chi connectivity index (χ0v) is 13.6. The zero-order chi connectivity index (χ0) is 15.0. The first kappa shape index (κ1) is 16.9. The van der Waals surface area contributed by atoms with Gasteiger partial charge in [-0.1, -0.05) is 6.07 Å². The summed E-state index contributed by atoms with van der Waals surface area (Å²) in [5.74, 6) is 1.03. The first-order valence-electron chi connectivity index (χ1n) is 7.50. The topological polar surface area (TPSA) is 37.4 Å². The van der Waals surface area contributed by atoms with Crippen LogP contribution in [-0.4, -0.2) is 36.8 Å². The number of hydrogen-bond acceptors (Lipinski definition) is 4. The second-order valence-corrected chi connectivity index (χ2v) is 5.87. The van der Waals surface area contributed by atoms with Gasteiger partial charge >= 0.3 is 0 Å². The minimum atomic E-state index is 0.108. The monoisotopic (exact) mass is 279 g/mol. The van der Waals surface area contributed by atoms with Crippen LogP contribution in [0.5, 0.6) is 0 Å². The Morgan fingerprint density at radius 3 is 2.60 bits per heavy atom. The van der Waals surface area contributed by atoms with Gasteiger partial charge in [0.1, 0.15) is 5.82 Å². The molecule has 0 aromatic carbocycles. The number of ether oxygens (including phenoxy) is 1. The minimum Gasteiger partial charge on any atom is -0.380 e. The van der Waals surface area contributed by atoms with E-state index in [1.54, 1.807) is 0 Å². The number of nitrogens with zero attached hydrogens (tertiary/aromatic N) is 2. The van der Waals surface area contributed by atoms with E-state index in [1.807, 2.05) is 6.92 Å². The Hall–Kier alpha value is -1.13. The molecule has 0 aliphatic rings. The van der Waals surface area contributed by atoms with Crippen molar-refractivity contribution in [3.8, 4) is 0 Å². The molecule has 0 saturated carbocycles. The fraction of sp³-hybridized carbons (Fsp3) is 0.688. The number of nitrogens with one attached hydrogen (secondary N) is 1. The number of anilines is 1. The third kappa shape index (κ3) is 6.35. The van der Waals surface area contributed by atoms with Crippen molar-refractivity contribution in [2.75, 3.05) is 31.2 Å². The summed E-state index contributed by atoms with van der Waals surface area (Å²) in [6.45, 7) is 14.8. The van der Waals surface area contributed by atoms with Crippen LogP contribution in [0.3, 0.4) is 0 Å². The van der Waals surface area contributed by atoms with E-state index in [9.17, 15) is 0 Å². The molecule has 1 heterocycles. The lowest BCUT2D eigenvalue weighted by Crippen LogP contribution is -2.35. The van der Waals surface area contributed by atoms with Crippen molar-refractivity contribution in [1.29, 1.82) is 0 Å².